The van der Waals surface area contributed by atoms with Gasteiger partial charge in [-0.1, -0.05) is 6.07 Å². The maximum atomic E-state index is 13.0. The summed E-state index contributed by atoms with van der Waals surface area (Å²) in [6, 6.07) is 7.88. The van der Waals surface area contributed by atoms with E-state index in [4.69, 9.17) is 10.5 Å². The number of nitrogens with two attached hydrogens (primary N) is 1. The third kappa shape index (κ3) is 4.79. The van der Waals surface area contributed by atoms with Gasteiger partial charge in [-0.3, -0.25) is 4.79 Å². The third-order valence-corrected chi connectivity index (χ3v) is 4.50. The third-order valence-electron chi connectivity index (χ3n) is 4.50. The second-order valence-corrected chi connectivity index (χ2v) is 6.61. The Morgan fingerprint density at radius 2 is 2.07 bits per heavy atom. The summed E-state index contributed by atoms with van der Waals surface area (Å²) in [6.07, 6.45) is -3.04. The van der Waals surface area contributed by atoms with Crippen LogP contribution in [0, 0.1) is 0 Å². The number of pyridine rings is 1. The van der Waals surface area contributed by atoms with Gasteiger partial charge in [-0.05, 0) is 49.1 Å². The van der Waals surface area contributed by atoms with E-state index in [2.05, 4.69) is 10.3 Å². The molecule has 1 aliphatic rings. The molecule has 0 aliphatic heterocycles. The van der Waals surface area contributed by atoms with Crippen molar-refractivity contribution in [1.82, 2.24) is 10.3 Å². The van der Waals surface area contributed by atoms with Crippen LogP contribution in [-0.2, 0) is 12.7 Å². The van der Waals surface area contributed by atoms with Crippen molar-refractivity contribution >= 4 is 5.91 Å². The van der Waals surface area contributed by atoms with Crippen molar-refractivity contribution in [2.75, 3.05) is 0 Å². The van der Waals surface area contributed by atoms with Gasteiger partial charge in [0.15, 0.2) is 0 Å². The summed E-state index contributed by atoms with van der Waals surface area (Å²) in [5.74, 6) is -0.496. The number of nitrogens with zero attached hydrogens (tertiary/aromatic N) is 1. The molecule has 28 heavy (non-hydrogen) atoms. The van der Waals surface area contributed by atoms with E-state index < -0.39 is 23.9 Å². The van der Waals surface area contributed by atoms with Crippen molar-refractivity contribution in [3.63, 3.8) is 0 Å². The predicted molar refractivity (Wildman–Crippen MR) is 94.8 cm³/mol. The van der Waals surface area contributed by atoms with Gasteiger partial charge in [-0.2, -0.15) is 13.2 Å². The molecule has 9 heteroatoms. The first-order chi connectivity index (χ1) is 13.3. The minimum atomic E-state index is -4.63. The number of amides is 1. The standard InChI is InChI=1S/C19H20F3N3O3/c20-19(21,22)16-7-11(10-23)8-17(25-16)28-13-4-1-3-12(9-13)18(27)24-14-5-2-6-15(14)26/h1,3-4,7-9,14-15,26H,2,5-6,10,23H2,(H,24,27)/t14-,15+/m1/s1. The summed E-state index contributed by atoms with van der Waals surface area (Å²) < 4.78 is 44.4. The molecular weight excluding hydrogens is 375 g/mol. The second-order valence-electron chi connectivity index (χ2n) is 6.61. The fraction of sp³-hybridized carbons (Fsp3) is 0.368. The van der Waals surface area contributed by atoms with Crippen molar-refractivity contribution in [3.8, 4) is 11.6 Å². The molecule has 1 aromatic heterocycles. The largest absolute Gasteiger partial charge is 0.439 e. The number of halogens is 3. The molecule has 1 fully saturated rings. The number of aromatic nitrogens is 1. The number of aliphatic hydroxyl groups is 1. The average Bonchev–Trinajstić information content (AvgIpc) is 3.05. The molecular formula is C19H20F3N3O3. The summed E-state index contributed by atoms with van der Waals surface area (Å²) in [5, 5.41) is 12.6. The van der Waals surface area contributed by atoms with Gasteiger partial charge in [-0.25, -0.2) is 4.98 Å². The Balaban J connectivity index is 1.78. The van der Waals surface area contributed by atoms with Crippen LogP contribution in [-0.4, -0.2) is 28.1 Å². The Labute approximate surface area is 159 Å². The number of rotatable bonds is 5. The highest BCUT2D eigenvalue weighted by Gasteiger charge is 2.33. The van der Waals surface area contributed by atoms with Crippen LogP contribution < -0.4 is 15.8 Å². The Hall–Kier alpha value is -2.65. The lowest BCUT2D eigenvalue weighted by molar-refractivity contribution is -0.141. The van der Waals surface area contributed by atoms with E-state index in [1.54, 1.807) is 12.1 Å². The second kappa shape index (κ2) is 8.15. The SMILES string of the molecule is NCc1cc(Oc2cccc(C(=O)N[C@@H]3CCC[C@@H]3O)c2)nc(C(F)(F)F)c1. The lowest BCUT2D eigenvalue weighted by Crippen LogP contribution is -2.39. The van der Waals surface area contributed by atoms with Crippen LogP contribution in [0.4, 0.5) is 13.2 Å². The topological polar surface area (TPSA) is 97.5 Å². The molecule has 4 N–H and O–H groups in total. The number of carbonyl (C=O) groups is 1. The molecule has 0 unspecified atom stereocenters. The number of benzene rings is 1. The Morgan fingerprint density at radius 3 is 2.71 bits per heavy atom. The molecule has 1 amide bonds. The first-order valence-corrected chi connectivity index (χ1v) is 8.81. The molecule has 2 aromatic rings. The van der Waals surface area contributed by atoms with Crippen LogP contribution in [0.5, 0.6) is 11.6 Å². The Kier molecular flexibility index (Phi) is 5.85. The fourth-order valence-corrected chi connectivity index (χ4v) is 3.06. The summed E-state index contributed by atoms with van der Waals surface area (Å²) >= 11 is 0. The molecule has 150 valence electrons. The molecule has 0 saturated heterocycles. The Bertz CT molecular complexity index is 858. The summed E-state index contributed by atoms with van der Waals surface area (Å²) in [7, 11) is 0. The van der Waals surface area contributed by atoms with Crippen LogP contribution in [0.15, 0.2) is 36.4 Å². The van der Waals surface area contributed by atoms with Crippen molar-refractivity contribution in [1.29, 1.82) is 0 Å². The summed E-state index contributed by atoms with van der Waals surface area (Å²) in [4.78, 5) is 15.9. The van der Waals surface area contributed by atoms with E-state index in [1.807, 2.05) is 0 Å². The Morgan fingerprint density at radius 1 is 1.29 bits per heavy atom. The zero-order valence-corrected chi connectivity index (χ0v) is 14.9. The van der Waals surface area contributed by atoms with Gasteiger partial charge in [0.1, 0.15) is 11.4 Å². The van der Waals surface area contributed by atoms with Gasteiger partial charge < -0.3 is 20.9 Å². The molecule has 1 aliphatic carbocycles. The van der Waals surface area contributed by atoms with Crippen molar-refractivity contribution in [2.45, 2.75) is 44.1 Å². The van der Waals surface area contributed by atoms with Gasteiger partial charge in [0.25, 0.3) is 5.91 Å². The van der Waals surface area contributed by atoms with Crippen LogP contribution in [0.1, 0.15) is 40.9 Å². The lowest BCUT2D eigenvalue weighted by Gasteiger charge is -2.16. The van der Waals surface area contributed by atoms with Gasteiger partial charge >= 0.3 is 6.18 Å². The number of nitrogens with one attached hydrogen (secondary N) is 1. The number of hydrogen-bond donors (Lipinski definition) is 3. The van der Waals surface area contributed by atoms with Crippen LogP contribution in [0.25, 0.3) is 0 Å². The quantitative estimate of drug-likeness (QED) is 0.723. The van der Waals surface area contributed by atoms with E-state index in [1.165, 1.54) is 18.2 Å². The molecule has 0 bridgehead atoms. The minimum Gasteiger partial charge on any atom is -0.439 e. The van der Waals surface area contributed by atoms with E-state index in [0.29, 0.717) is 12.8 Å². The van der Waals surface area contributed by atoms with Crippen molar-refractivity contribution < 1.29 is 27.8 Å². The monoisotopic (exact) mass is 395 g/mol. The molecule has 6 nitrogen and oxygen atoms in total. The number of ether oxygens (including phenoxy) is 1. The van der Waals surface area contributed by atoms with Crippen LogP contribution in [0.3, 0.4) is 0 Å². The maximum absolute atomic E-state index is 13.0. The number of carbonyl (C=O) groups excluding carboxylic acids is 1. The number of alkyl halides is 3. The summed E-state index contributed by atoms with van der Waals surface area (Å²) in [6.45, 7) is -0.103. The molecule has 3 rings (SSSR count). The minimum absolute atomic E-state index is 0.103. The van der Waals surface area contributed by atoms with E-state index in [9.17, 15) is 23.1 Å². The van der Waals surface area contributed by atoms with Gasteiger partial charge in [-0.15, -0.1) is 0 Å². The van der Waals surface area contributed by atoms with E-state index >= 15 is 0 Å². The highest BCUT2D eigenvalue weighted by Crippen LogP contribution is 2.31. The van der Waals surface area contributed by atoms with Crippen LogP contribution >= 0.6 is 0 Å². The van der Waals surface area contributed by atoms with Crippen molar-refractivity contribution in [3.05, 3.63) is 53.2 Å². The van der Waals surface area contributed by atoms with Crippen LogP contribution in [0.2, 0.25) is 0 Å². The van der Waals surface area contributed by atoms with Gasteiger partial charge in [0.05, 0.1) is 12.1 Å². The number of hydrogen-bond acceptors (Lipinski definition) is 5. The van der Waals surface area contributed by atoms with Gasteiger partial charge in [0.2, 0.25) is 5.88 Å². The highest BCUT2D eigenvalue weighted by atomic mass is 19.4. The normalized spacial score (nSPS) is 19.5. The first kappa shape index (κ1) is 20.1. The molecule has 2 atom stereocenters. The smallest absolute Gasteiger partial charge is 0.433 e. The maximum Gasteiger partial charge on any atom is 0.433 e. The first-order valence-electron chi connectivity index (χ1n) is 8.81. The number of aliphatic hydroxyl groups excluding tert-OH is 1. The zero-order valence-electron chi connectivity index (χ0n) is 14.9. The molecule has 1 aromatic carbocycles. The van der Waals surface area contributed by atoms with E-state index in [0.717, 1.165) is 12.5 Å². The lowest BCUT2D eigenvalue weighted by atomic mass is 10.1. The average molecular weight is 395 g/mol. The zero-order chi connectivity index (χ0) is 20.3. The van der Waals surface area contributed by atoms with Gasteiger partial charge in [0, 0.05) is 18.2 Å². The molecule has 0 spiro atoms. The fourth-order valence-electron chi connectivity index (χ4n) is 3.06. The predicted octanol–water partition coefficient (Wildman–Crippen LogP) is 2.99. The highest BCUT2D eigenvalue weighted by molar-refractivity contribution is 5.94. The summed E-state index contributed by atoms with van der Waals surface area (Å²) in [5.41, 5.74) is 4.84. The molecule has 1 saturated carbocycles. The van der Waals surface area contributed by atoms with E-state index in [-0.39, 0.29) is 35.3 Å². The molecule has 1 heterocycles. The van der Waals surface area contributed by atoms with Crippen molar-refractivity contribution in [2.24, 2.45) is 5.73 Å². The molecule has 0 radical (unpaired) electrons.